The van der Waals surface area contributed by atoms with Crippen LogP contribution in [0.4, 0.5) is 0 Å². The highest BCUT2D eigenvalue weighted by Gasteiger charge is 2.01. The standard InChI is InChI=1S/C15H15N3O2/c1-11-9-18(15(20)17-14(11)19)10-13-6-4-12(5-7-13)3-2-8-16/h4-7,9H,8,10,16H2,1H3,(H,17,19,20). The molecule has 0 aliphatic rings. The molecule has 0 unspecified atom stereocenters. The molecule has 0 fully saturated rings. The van der Waals surface area contributed by atoms with Gasteiger partial charge in [0.05, 0.1) is 13.1 Å². The van der Waals surface area contributed by atoms with Gasteiger partial charge in [-0.05, 0) is 24.6 Å². The summed E-state index contributed by atoms with van der Waals surface area (Å²) in [6, 6.07) is 7.55. The van der Waals surface area contributed by atoms with Crippen LogP contribution in [0, 0.1) is 18.8 Å². The first-order valence-electron chi connectivity index (χ1n) is 6.18. The molecule has 0 saturated heterocycles. The largest absolute Gasteiger partial charge is 0.328 e. The summed E-state index contributed by atoms with van der Waals surface area (Å²) in [5.41, 5.74) is 6.90. The maximum Gasteiger partial charge on any atom is 0.328 e. The van der Waals surface area contributed by atoms with Gasteiger partial charge in [-0.2, -0.15) is 0 Å². The van der Waals surface area contributed by atoms with E-state index < -0.39 is 5.69 Å². The third-order valence-electron chi connectivity index (χ3n) is 2.83. The first-order chi connectivity index (χ1) is 9.60. The van der Waals surface area contributed by atoms with E-state index in [4.69, 9.17) is 5.73 Å². The van der Waals surface area contributed by atoms with E-state index in [0.717, 1.165) is 11.1 Å². The van der Waals surface area contributed by atoms with Crippen molar-refractivity contribution in [2.75, 3.05) is 6.54 Å². The van der Waals surface area contributed by atoms with E-state index in [9.17, 15) is 9.59 Å². The van der Waals surface area contributed by atoms with Crippen molar-refractivity contribution in [2.24, 2.45) is 5.73 Å². The molecule has 2 aromatic rings. The summed E-state index contributed by atoms with van der Waals surface area (Å²) in [6.45, 7) is 2.40. The molecule has 20 heavy (non-hydrogen) atoms. The molecule has 0 atom stereocenters. The maximum absolute atomic E-state index is 11.7. The molecule has 0 radical (unpaired) electrons. The summed E-state index contributed by atoms with van der Waals surface area (Å²) in [5.74, 6) is 5.71. The molecule has 0 aliphatic heterocycles. The van der Waals surface area contributed by atoms with Gasteiger partial charge < -0.3 is 5.73 Å². The van der Waals surface area contributed by atoms with Crippen molar-refractivity contribution in [3.63, 3.8) is 0 Å². The SMILES string of the molecule is Cc1cn(Cc2ccc(C#CCN)cc2)c(=O)[nH]c1=O. The van der Waals surface area contributed by atoms with Crippen LogP contribution in [-0.2, 0) is 6.54 Å². The smallest absolute Gasteiger partial charge is 0.320 e. The second-order valence-corrected chi connectivity index (χ2v) is 4.40. The number of H-pyrrole nitrogens is 1. The van der Waals surface area contributed by atoms with Crippen molar-refractivity contribution in [3.8, 4) is 11.8 Å². The monoisotopic (exact) mass is 269 g/mol. The van der Waals surface area contributed by atoms with Gasteiger partial charge >= 0.3 is 5.69 Å². The molecule has 0 spiro atoms. The predicted octanol–water partition coefficient (Wildman–Crippen LogP) is 0.204. The second-order valence-electron chi connectivity index (χ2n) is 4.40. The highest BCUT2D eigenvalue weighted by Crippen LogP contribution is 2.04. The maximum atomic E-state index is 11.7. The van der Waals surface area contributed by atoms with Crippen molar-refractivity contribution in [1.29, 1.82) is 0 Å². The van der Waals surface area contributed by atoms with Crippen LogP contribution in [0.15, 0.2) is 40.1 Å². The zero-order chi connectivity index (χ0) is 14.5. The average Bonchev–Trinajstić information content (AvgIpc) is 2.44. The molecule has 0 bridgehead atoms. The van der Waals surface area contributed by atoms with E-state index in [2.05, 4.69) is 16.8 Å². The molecule has 1 heterocycles. The third kappa shape index (κ3) is 3.25. The molecule has 0 saturated carbocycles. The molecule has 2 rings (SSSR count). The molecular weight excluding hydrogens is 254 g/mol. The van der Waals surface area contributed by atoms with Gasteiger partial charge in [0.2, 0.25) is 0 Å². The lowest BCUT2D eigenvalue weighted by Gasteiger charge is -2.06. The molecule has 5 nitrogen and oxygen atoms in total. The fraction of sp³-hybridized carbons (Fsp3) is 0.200. The van der Waals surface area contributed by atoms with Crippen molar-refractivity contribution < 1.29 is 0 Å². The number of hydrogen-bond acceptors (Lipinski definition) is 3. The number of benzene rings is 1. The van der Waals surface area contributed by atoms with E-state index in [0.29, 0.717) is 18.7 Å². The minimum Gasteiger partial charge on any atom is -0.320 e. The Kier molecular flexibility index (Phi) is 4.18. The summed E-state index contributed by atoms with van der Waals surface area (Å²) >= 11 is 0. The first kappa shape index (κ1) is 13.8. The van der Waals surface area contributed by atoms with Crippen LogP contribution in [-0.4, -0.2) is 16.1 Å². The van der Waals surface area contributed by atoms with E-state index in [1.54, 1.807) is 13.1 Å². The Labute approximate surface area is 116 Å². The summed E-state index contributed by atoms with van der Waals surface area (Å²) < 4.78 is 1.47. The summed E-state index contributed by atoms with van der Waals surface area (Å²) in [6.07, 6.45) is 1.56. The van der Waals surface area contributed by atoms with Gasteiger partial charge in [0.15, 0.2) is 0 Å². The van der Waals surface area contributed by atoms with Crippen LogP contribution in [0.3, 0.4) is 0 Å². The number of aryl methyl sites for hydroxylation is 1. The fourth-order valence-electron chi connectivity index (χ4n) is 1.78. The van der Waals surface area contributed by atoms with Gasteiger partial charge in [-0.3, -0.25) is 14.3 Å². The Morgan fingerprint density at radius 2 is 1.95 bits per heavy atom. The fourth-order valence-corrected chi connectivity index (χ4v) is 1.78. The lowest BCUT2D eigenvalue weighted by Crippen LogP contribution is -2.31. The molecule has 1 aromatic carbocycles. The van der Waals surface area contributed by atoms with Crippen LogP contribution < -0.4 is 17.0 Å². The highest BCUT2D eigenvalue weighted by molar-refractivity contribution is 5.36. The normalized spacial score (nSPS) is 9.90. The van der Waals surface area contributed by atoms with Gasteiger partial charge in [-0.15, -0.1) is 0 Å². The molecule has 5 heteroatoms. The molecular formula is C15H15N3O2. The number of nitrogens with one attached hydrogen (secondary N) is 1. The van der Waals surface area contributed by atoms with Gasteiger partial charge in [-0.1, -0.05) is 24.0 Å². The Bertz CT molecular complexity index is 774. The summed E-state index contributed by atoms with van der Waals surface area (Å²) in [5, 5.41) is 0. The zero-order valence-corrected chi connectivity index (χ0v) is 11.1. The highest BCUT2D eigenvalue weighted by atomic mass is 16.2. The summed E-state index contributed by atoms with van der Waals surface area (Å²) in [4.78, 5) is 25.3. The van der Waals surface area contributed by atoms with Crippen molar-refractivity contribution >= 4 is 0 Å². The molecule has 3 N–H and O–H groups in total. The number of rotatable bonds is 2. The number of nitrogens with zero attached hydrogens (tertiary/aromatic N) is 1. The van der Waals surface area contributed by atoms with Gasteiger partial charge in [0.1, 0.15) is 0 Å². The lowest BCUT2D eigenvalue weighted by atomic mass is 10.1. The van der Waals surface area contributed by atoms with Crippen molar-refractivity contribution in [1.82, 2.24) is 9.55 Å². The van der Waals surface area contributed by atoms with Crippen LogP contribution in [0.2, 0.25) is 0 Å². The van der Waals surface area contributed by atoms with Crippen LogP contribution in [0.1, 0.15) is 16.7 Å². The first-order valence-corrected chi connectivity index (χ1v) is 6.18. The molecule has 0 amide bonds. The summed E-state index contributed by atoms with van der Waals surface area (Å²) in [7, 11) is 0. The van der Waals surface area contributed by atoms with Gasteiger partial charge in [0, 0.05) is 17.3 Å². The van der Waals surface area contributed by atoms with E-state index >= 15 is 0 Å². The van der Waals surface area contributed by atoms with Gasteiger partial charge in [0.25, 0.3) is 5.56 Å². The Morgan fingerprint density at radius 1 is 1.25 bits per heavy atom. The number of hydrogen-bond donors (Lipinski definition) is 2. The topological polar surface area (TPSA) is 80.9 Å². The Hall–Kier alpha value is -2.58. The molecule has 0 aliphatic carbocycles. The second kappa shape index (κ2) is 6.04. The Morgan fingerprint density at radius 3 is 2.60 bits per heavy atom. The number of nitrogens with two attached hydrogens (primary N) is 1. The lowest BCUT2D eigenvalue weighted by molar-refractivity contribution is 0.713. The number of aromatic nitrogens is 2. The van der Waals surface area contributed by atoms with E-state index in [1.165, 1.54) is 4.57 Å². The quantitative estimate of drug-likeness (QED) is 0.764. The average molecular weight is 269 g/mol. The van der Waals surface area contributed by atoms with Gasteiger partial charge in [-0.25, -0.2) is 4.79 Å². The predicted molar refractivity (Wildman–Crippen MR) is 77.5 cm³/mol. The van der Waals surface area contributed by atoms with Crippen LogP contribution in [0.25, 0.3) is 0 Å². The minimum absolute atomic E-state index is 0.327. The Balaban J connectivity index is 2.24. The zero-order valence-electron chi connectivity index (χ0n) is 11.1. The molecule has 1 aromatic heterocycles. The van der Waals surface area contributed by atoms with E-state index in [1.807, 2.05) is 24.3 Å². The minimum atomic E-state index is -0.410. The number of aromatic amines is 1. The van der Waals surface area contributed by atoms with Crippen LogP contribution >= 0.6 is 0 Å². The molecule has 102 valence electrons. The van der Waals surface area contributed by atoms with Crippen LogP contribution in [0.5, 0.6) is 0 Å². The van der Waals surface area contributed by atoms with E-state index in [-0.39, 0.29) is 5.56 Å². The van der Waals surface area contributed by atoms with Crippen molar-refractivity contribution in [2.45, 2.75) is 13.5 Å². The third-order valence-corrected chi connectivity index (χ3v) is 2.83. The van der Waals surface area contributed by atoms with Crippen molar-refractivity contribution in [3.05, 3.63) is 68.0 Å².